The number of hydrogen-bond donors (Lipinski definition) is 2. The normalized spacial score (nSPS) is 13.9. The fourth-order valence-electron chi connectivity index (χ4n) is 8.54. The number of allylic oxidation sites excluding steroid dienone is 14. The maximum Gasteiger partial charge on any atom is 0.472 e. The van der Waals surface area contributed by atoms with E-state index in [2.05, 4.69) is 106 Å². The molecule has 2 N–H and O–H groups in total. The van der Waals surface area contributed by atoms with E-state index in [-0.39, 0.29) is 25.9 Å². The lowest BCUT2D eigenvalue weighted by molar-refractivity contribution is -0.161. The predicted molar refractivity (Wildman–Crippen MR) is 325 cm³/mol. The maximum absolute atomic E-state index is 12.9. The first-order valence-electron chi connectivity index (χ1n) is 31.5. The average Bonchev–Trinajstić information content (AvgIpc) is 3.43. The van der Waals surface area contributed by atoms with E-state index in [4.69, 9.17) is 23.3 Å². The first-order valence-corrected chi connectivity index (χ1v) is 33.0. The first-order chi connectivity index (χ1) is 38.2. The molecule has 0 bridgehead atoms. The Kier molecular flexibility index (Phi) is 57.2. The van der Waals surface area contributed by atoms with Gasteiger partial charge in [-0.15, -0.1) is 0 Å². The van der Waals surface area contributed by atoms with Crippen LogP contribution in [0.4, 0.5) is 0 Å². The van der Waals surface area contributed by atoms with Crippen LogP contribution in [0.3, 0.4) is 0 Å². The van der Waals surface area contributed by atoms with Crippen LogP contribution >= 0.6 is 7.82 Å². The molecule has 3 atom stereocenters. The van der Waals surface area contributed by atoms with Crippen LogP contribution in [0.15, 0.2) is 85.1 Å². The summed E-state index contributed by atoms with van der Waals surface area (Å²) in [6.45, 7) is 4.45. The van der Waals surface area contributed by atoms with Gasteiger partial charge in [0.1, 0.15) is 12.7 Å². The lowest BCUT2D eigenvalue weighted by atomic mass is 10.0. The smallest absolute Gasteiger partial charge is 0.462 e. The standard InChI is InChI=1S/C66H115O11P/c1-4-7-10-13-16-19-22-25-27-29-31-33-35-38-40-43-46-49-52-55-64(68)73-59-63(77-66(70)57-54-51-48-45-42-39-36-34-32-30-28-26-23-20-17-14-11-8-5-2)61-75-78(71,72)74-60-62(58-67)76-65(69)56-53-50-47-44-41-37-24-21-18-15-12-9-6-3/h8,11-12,15,17,20-21,24,26,28,32,34,39,42,62-63,67H,4-7,9-10,13-14,16,18-19,22-23,25,27,29-31,33,35-38,40-41,43-61H2,1-3H3,(H,71,72)/b11-8-,15-12-,20-17-,24-21-,28-26-,34-32-,42-39-. The summed E-state index contributed by atoms with van der Waals surface area (Å²) >= 11 is 0. The molecule has 11 nitrogen and oxygen atoms in total. The average molecular weight is 1120 g/mol. The lowest BCUT2D eigenvalue weighted by Crippen LogP contribution is -2.30. The van der Waals surface area contributed by atoms with Gasteiger partial charge in [0.2, 0.25) is 0 Å². The Morgan fingerprint density at radius 1 is 0.372 bits per heavy atom. The molecule has 0 aromatic carbocycles. The van der Waals surface area contributed by atoms with Crippen LogP contribution in [-0.2, 0) is 42.2 Å². The molecule has 0 aromatic heterocycles. The van der Waals surface area contributed by atoms with Crippen molar-refractivity contribution in [3.05, 3.63) is 85.1 Å². The summed E-state index contributed by atoms with van der Waals surface area (Å²) in [5, 5.41) is 9.83. The van der Waals surface area contributed by atoms with Gasteiger partial charge in [-0.2, -0.15) is 0 Å². The summed E-state index contributed by atoms with van der Waals surface area (Å²) < 4.78 is 39.6. The van der Waals surface area contributed by atoms with Gasteiger partial charge in [-0.3, -0.25) is 23.4 Å². The third-order valence-electron chi connectivity index (χ3n) is 13.3. The molecule has 0 rings (SSSR count). The fourth-order valence-corrected chi connectivity index (χ4v) is 9.32. The molecule has 12 heteroatoms. The zero-order chi connectivity index (χ0) is 56.9. The Hall–Kier alpha value is -3.34. The van der Waals surface area contributed by atoms with E-state index in [1.807, 2.05) is 0 Å². The number of aliphatic hydroxyl groups excluding tert-OH is 1. The molecule has 0 amide bonds. The van der Waals surface area contributed by atoms with Crippen LogP contribution in [0.1, 0.15) is 278 Å². The van der Waals surface area contributed by atoms with Crippen LogP contribution in [-0.4, -0.2) is 66.5 Å². The molecule has 0 aliphatic rings. The zero-order valence-corrected chi connectivity index (χ0v) is 50.8. The van der Waals surface area contributed by atoms with Gasteiger partial charge in [0.15, 0.2) is 6.10 Å². The highest BCUT2D eigenvalue weighted by atomic mass is 31.2. The van der Waals surface area contributed by atoms with Crippen molar-refractivity contribution in [2.75, 3.05) is 26.4 Å². The Morgan fingerprint density at radius 3 is 1.09 bits per heavy atom. The number of unbranched alkanes of at least 4 members (excludes halogenated alkanes) is 27. The summed E-state index contributed by atoms with van der Waals surface area (Å²) in [5.74, 6) is -1.51. The van der Waals surface area contributed by atoms with Gasteiger partial charge in [-0.1, -0.05) is 254 Å². The van der Waals surface area contributed by atoms with E-state index in [1.165, 1.54) is 96.3 Å². The number of esters is 3. The topological polar surface area (TPSA) is 155 Å². The molecule has 3 unspecified atom stereocenters. The minimum absolute atomic E-state index is 0.126. The minimum atomic E-state index is -4.77. The Labute approximate surface area is 477 Å². The quantitative estimate of drug-likeness (QED) is 0.0197. The van der Waals surface area contributed by atoms with Crippen LogP contribution in [0.25, 0.3) is 0 Å². The molecule has 0 aliphatic carbocycles. The molecule has 78 heavy (non-hydrogen) atoms. The van der Waals surface area contributed by atoms with Crippen LogP contribution in [0, 0.1) is 0 Å². The monoisotopic (exact) mass is 1110 g/mol. The third kappa shape index (κ3) is 57.3. The van der Waals surface area contributed by atoms with E-state index in [0.29, 0.717) is 19.3 Å². The summed E-state index contributed by atoms with van der Waals surface area (Å²) in [6.07, 6.45) is 69.7. The van der Waals surface area contributed by atoms with Gasteiger partial charge in [-0.05, 0) is 89.9 Å². The molecular weight excluding hydrogens is 1000 g/mol. The fraction of sp³-hybridized carbons (Fsp3) is 0.742. The van der Waals surface area contributed by atoms with Gasteiger partial charge in [0, 0.05) is 19.3 Å². The zero-order valence-electron chi connectivity index (χ0n) is 49.9. The van der Waals surface area contributed by atoms with Crippen molar-refractivity contribution in [1.29, 1.82) is 0 Å². The molecule has 0 aromatic rings. The van der Waals surface area contributed by atoms with Crippen LogP contribution in [0.2, 0.25) is 0 Å². The van der Waals surface area contributed by atoms with E-state index in [0.717, 1.165) is 122 Å². The molecule has 0 saturated carbocycles. The van der Waals surface area contributed by atoms with Gasteiger partial charge < -0.3 is 24.2 Å². The van der Waals surface area contributed by atoms with E-state index in [1.54, 1.807) is 0 Å². The predicted octanol–water partition coefficient (Wildman–Crippen LogP) is 19.0. The summed E-state index contributed by atoms with van der Waals surface area (Å²) in [4.78, 5) is 48.7. The molecule has 0 radical (unpaired) electrons. The van der Waals surface area contributed by atoms with Crippen molar-refractivity contribution in [2.24, 2.45) is 0 Å². The van der Waals surface area contributed by atoms with Gasteiger partial charge in [-0.25, -0.2) is 4.57 Å². The summed E-state index contributed by atoms with van der Waals surface area (Å²) in [5.41, 5.74) is 0. The van der Waals surface area contributed by atoms with Crippen LogP contribution in [0.5, 0.6) is 0 Å². The highest BCUT2D eigenvalue weighted by Gasteiger charge is 2.28. The minimum Gasteiger partial charge on any atom is -0.462 e. The van der Waals surface area contributed by atoms with Crippen molar-refractivity contribution in [1.82, 2.24) is 0 Å². The second-order valence-electron chi connectivity index (χ2n) is 20.8. The number of phosphoric acid groups is 1. The second-order valence-corrected chi connectivity index (χ2v) is 22.3. The second kappa shape index (κ2) is 59.8. The van der Waals surface area contributed by atoms with Gasteiger partial charge >= 0.3 is 25.7 Å². The van der Waals surface area contributed by atoms with E-state index < -0.39 is 57.8 Å². The van der Waals surface area contributed by atoms with Crippen LogP contribution < -0.4 is 0 Å². The molecular formula is C66H115O11P. The van der Waals surface area contributed by atoms with Crippen molar-refractivity contribution >= 4 is 25.7 Å². The Bertz CT molecular complexity index is 1630. The number of phosphoric ester groups is 1. The maximum atomic E-state index is 12.9. The third-order valence-corrected chi connectivity index (χ3v) is 14.2. The van der Waals surface area contributed by atoms with Gasteiger partial charge in [0.25, 0.3) is 0 Å². The highest BCUT2D eigenvalue weighted by molar-refractivity contribution is 7.47. The molecule has 0 fully saturated rings. The molecule has 0 spiro atoms. The molecule has 0 heterocycles. The van der Waals surface area contributed by atoms with Crippen molar-refractivity contribution in [2.45, 2.75) is 290 Å². The summed E-state index contributed by atoms with van der Waals surface area (Å²) in [6, 6.07) is 0. The molecule has 0 aliphatic heterocycles. The van der Waals surface area contributed by atoms with Crippen molar-refractivity contribution < 1.29 is 52.2 Å². The van der Waals surface area contributed by atoms with Crippen molar-refractivity contribution in [3.8, 4) is 0 Å². The number of carbonyl (C=O) groups excluding carboxylic acids is 3. The summed E-state index contributed by atoms with van der Waals surface area (Å²) in [7, 11) is -4.77. The SMILES string of the molecule is CC/C=C\C/C=C\C/C=C\C/C=C\C/C=C\CCCCCC(=O)OC(COC(=O)CCCCCCCCCCCCCCCCCCCCC)COP(=O)(O)OCC(CO)OC(=O)CCCCCCC/C=C\C/C=C\CCC. The highest BCUT2D eigenvalue weighted by Crippen LogP contribution is 2.43. The molecule has 450 valence electrons. The first kappa shape index (κ1) is 74.7. The number of rotatable bonds is 58. The number of aliphatic hydroxyl groups is 1. The number of hydrogen-bond acceptors (Lipinski definition) is 10. The number of carbonyl (C=O) groups is 3. The van der Waals surface area contributed by atoms with E-state index >= 15 is 0 Å². The lowest BCUT2D eigenvalue weighted by Gasteiger charge is -2.21. The Balaban J connectivity index is 4.76. The van der Waals surface area contributed by atoms with Crippen molar-refractivity contribution in [3.63, 3.8) is 0 Å². The van der Waals surface area contributed by atoms with Gasteiger partial charge in [0.05, 0.1) is 19.8 Å². The largest absolute Gasteiger partial charge is 0.472 e. The molecule has 0 saturated heterocycles. The Morgan fingerprint density at radius 2 is 0.692 bits per heavy atom. The number of ether oxygens (including phenoxy) is 3. The van der Waals surface area contributed by atoms with E-state index in [9.17, 15) is 28.9 Å².